The zero-order valence-electron chi connectivity index (χ0n) is 12.2. The fourth-order valence-corrected chi connectivity index (χ4v) is 4.10. The van der Waals surface area contributed by atoms with Crippen molar-refractivity contribution >= 4 is 32.5 Å². The van der Waals surface area contributed by atoms with E-state index in [1.807, 2.05) is 18.2 Å². The molecule has 0 unspecified atom stereocenters. The highest BCUT2D eigenvalue weighted by Gasteiger charge is 2.15. The Hall–Kier alpha value is -2.39. The number of hydrogen-bond donors (Lipinski definition) is 0. The molecule has 0 aliphatic carbocycles. The molecule has 0 radical (unpaired) electrons. The Balaban J connectivity index is 2.28. The van der Waals surface area contributed by atoms with E-state index >= 15 is 0 Å². The molecule has 0 amide bonds. The van der Waals surface area contributed by atoms with Gasteiger partial charge in [-0.3, -0.25) is 4.79 Å². The zero-order chi connectivity index (χ0) is 15.1. The van der Waals surface area contributed by atoms with Crippen molar-refractivity contribution in [2.75, 3.05) is 0 Å². The lowest BCUT2D eigenvalue weighted by Gasteiger charge is -2.06. The Bertz CT molecular complexity index is 1030. The SMILES string of the molecule is CCc1cc(=O)sc2c1c1ccccc1n2-c1ccccc1. The average Bonchev–Trinajstić information content (AvgIpc) is 2.89. The predicted molar refractivity (Wildman–Crippen MR) is 94.3 cm³/mol. The summed E-state index contributed by atoms with van der Waals surface area (Å²) in [4.78, 5) is 13.2. The van der Waals surface area contributed by atoms with Gasteiger partial charge in [0.15, 0.2) is 0 Å². The van der Waals surface area contributed by atoms with Gasteiger partial charge in [-0.2, -0.15) is 0 Å². The Morgan fingerprint density at radius 3 is 2.50 bits per heavy atom. The molecule has 0 fully saturated rings. The van der Waals surface area contributed by atoms with Gasteiger partial charge in [-0.05, 0) is 30.2 Å². The second kappa shape index (κ2) is 5.11. The topological polar surface area (TPSA) is 22.0 Å². The Morgan fingerprint density at radius 2 is 1.73 bits per heavy atom. The quantitative estimate of drug-likeness (QED) is 0.523. The standard InChI is InChI=1S/C19H15NOS/c1-2-13-12-17(21)22-19-18(13)15-10-6-7-11-16(15)20(19)14-8-4-3-5-9-14/h3-12H,2H2,1H3. The third-order valence-corrected chi connectivity index (χ3v) is 4.94. The minimum atomic E-state index is 0.115. The maximum Gasteiger partial charge on any atom is 0.234 e. The summed E-state index contributed by atoms with van der Waals surface area (Å²) < 4.78 is 2.32. The van der Waals surface area contributed by atoms with Gasteiger partial charge in [0.25, 0.3) is 0 Å². The normalized spacial score (nSPS) is 11.3. The first-order valence-corrected chi connectivity index (χ1v) is 8.23. The first-order chi connectivity index (χ1) is 10.8. The summed E-state index contributed by atoms with van der Waals surface area (Å²) in [7, 11) is 0. The summed E-state index contributed by atoms with van der Waals surface area (Å²) in [6.07, 6.45) is 0.863. The molecule has 2 aromatic heterocycles. The van der Waals surface area contributed by atoms with E-state index in [1.54, 1.807) is 6.07 Å². The summed E-state index contributed by atoms with van der Waals surface area (Å²) in [5.41, 5.74) is 3.38. The summed E-state index contributed by atoms with van der Waals surface area (Å²) in [6, 6.07) is 20.4. The largest absolute Gasteiger partial charge is 0.301 e. The summed E-state index contributed by atoms with van der Waals surface area (Å²) in [5.74, 6) is 0. The average molecular weight is 305 g/mol. The van der Waals surface area contributed by atoms with Crippen LogP contribution in [0.4, 0.5) is 0 Å². The monoisotopic (exact) mass is 305 g/mol. The van der Waals surface area contributed by atoms with Crippen LogP contribution in [0, 0.1) is 0 Å². The molecular formula is C19H15NOS. The Morgan fingerprint density at radius 1 is 1.00 bits per heavy atom. The molecule has 2 aromatic carbocycles. The number of aryl methyl sites for hydroxylation is 1. The van der Waals surface area contributed by atoms with Gasteiger partial charge < -0.3 is 4.57 Å². The minimum absolute atomic E-state index is 0.115. The molecule has 22 heavy (non-hydrogen) atoms. The van der Waals surface area contributed by atoms with E-state index in [9.17, 15) is 4.79 Å². The maximum atomic E-state index is 12.1. The van der Waals surface area contributed by atoms with Gasteiger partial charge >= 0.3 is 0 Å². The van der Waals surface area contributed by atoms with E-state index in [-0.39, 0.29) is 4.74 Å². The van der Waals surface area contributed by atoms with Crippen LogP contribution in [0.3, 0.4) is 0 Å². The van der Waals surface area contributed by atoms with Crippen LogP contribution < -0.4 is 4.74 Å². The number of aromatic nitrogens is 1. The van der Waals surface area contributed by atoms with Gasteiger partial charge in [0, 0.05) is 22.5 Å². The van der Waals surface area contributed by atoms with Crippen LogP contribution in [0.25, 0.3) is 26.8 Å². The molecule has 4 aromatic rings. The highest BCUT2D eigenvalue weighted by molar-refractivity contribution is 7.16. The molecule has 108 valence electrons. The maximum absolute atomic E-state index is 12.1. The third-order valence-electron chi connectivity index (χ3n) is 4.04. The van der Waals surface area contributed by atoms with E-state index in [1.165, 1.54) is 22.1 Å². The Kier molecular flexibility index (Phi) is 3.09. The van der Waals surface area contributed by atoms with Crippen molar-refractivity contribution in [1.82, 2.24) is 4.57 Å². The lowest BCUT2D eigenvalue weighted by atomic mass is 10.1. The molecule has 0 spiro atoms. The number of hydrogen-bond acceptors (Lipinski definition) is 2. The highest BCUT2D eigenvalue weighted by atomic mass is 32.1. The van der Waals surface area contributed by atoms with E-state index in [4.69, 9.17) is 0 Å². The van der Waals surface area contributed by atoms with Crippen LogP contribution in [-0.2, 0) is 6.42 Å². The fraction of sp³-hybridized carbons (Fsp3) is 0.105. The van der Waals surface area contributed by atoms with Crippen LogP contribution in [0.1, 0.15) is 12.5 Å². The lowest BCUT2D eigenvalue weighted by Crippen LogP contribution is -1.98. The molecular weight excluding hydrogens is 290 g/mol. The molecule has 0 atom stereocenters. The van der Waals surface area contributed by atoms with Gasteiger partial charge in [-0.25, -0.2) is 0 Å². The molecule has 0 N–H and O–H groups in total. The molecule has 0 saturated heterocycles. The van der Waals surface area contributed by atoms with Crippen molar-refractivity contribution in [3.05, 3.63) is 75.8 Å². The predicted octanol–water partition coefficient (Wildman–Crippen LogP) is 4.77. The van der Waals surface area contributed by atoms with Crippen LogP contribution in [0.15, 0.2) is 65.5 Å². The molecule has 2 nitrogen and oxygen atoms in total. The third kappa shape index (κ3) is 1.90. The van der Waals surface area contributed by atoms with Crippen LogP contribution in [0.2, 0.25) is 0 Å². The lowest BCUT2D eigenvalue weighted by molar-refractivity contribution is 1.16. The molecule has 4 rings (SSSR count). The molecule has 0 saturated carbocycles. The molecule has 2 heterocycles. The van der Waals surface area contributed by atoms with Crippen molar-refractivity contribution in [1.29, 1.82) is 0 Å². The number of fused-ring (bicyclic) bond motifs is 3. The van der Waals surface area contributed by atoms with Gasteiger partial charge in [-0.1, -0.05) is 54.7 Å². The number of rotatable bonds is 2. The molecule has 3 heteroatoms. The second-order valence-electron chi connectivity index (χ2n) is 5.31. The summed E-state index contributed by atoms with van der Waals surface area (Å²) in [6.45, 7) is 2.10. The molecule has 0 bridgehead atoms. The number of nitrogens with zero attached hydrogens (tertiary/aromatic N) is 1. The minimum Gasteiger partial charge on any atom is -0.301 e. The van der Waals surface area contributed by atoms with Gasteiger partial charge in [-0.15, -0.1) is 0 Å². The summed E-state index contributed by atoms with van der Waals surface area (Å²) in [5, 5.41) is 2.43. The zero-order valence-corrected chi connectivity index (χ0v) is 13.1. The van der Waals surface area contributed by atoms with Crippen molar-refractivity contribution < 1.29 is 0 Å². The molecule has 0 aliphatic heterocycles. The van der Waals surface area contributed by atoms with Crippen LogP contribution in [0.5, 0.6) is 0 Å². The first kappa shape index (κ1) is 13.3. The fourth-order valence-electron chi connectivity index (χ4n) is 3.07. The Labute approximate surface area is 132 Å². The van der Waals surface area contributed by atoms with Gasteiger partial charge in [0.05, 0.1) is 5.52 Å². The van der Waals surface area contributed by atoms with E-state index in [2.05, 4.69) is 47.9 Å². The molecule has 0 aliphatic rings. The first-order valence-electron chi connectivity index (χ1n) is 7.41. The smallest absolute Gasteiger partial charge is 0.234 e. The van der Waals surface area contributed by atoms with Crippen LogP contribution >= 0.6 is 11.3 Å². The summed E-state index contributed by atoms with van der Waals surface area (Å²) >= 11 is 1.33. The van der Waals surface area contributed by atoms with Gasteiger partial charge in [0.1, 0.15) is 4.83 Å². The van der Waals surface area contributed by atoms with E-state index in [0.29, 0.717) is 0 Å². The number of para-hydroxylation sites is 2. The van der Waals surface area contributed by atoms with E-state index in [0.717, 1.165) is 28.0 Å². The van der Waals surface area contributed by atoms with Crippen molar-refractivity contribution in [2.45, 2.75) is 13.3 Å². The van der Waals surface area contributed by atoms with Gasteiger partial charge in [0.2, 0.25) is 4.74 Å². The van der Waals surface area contributed by atoms with Crippen molar-refractivity contribution in [3.63, 3.8) is 0 Å². The van der Waals surface area contributed by atoms with Crippen molar-refractivity contribution in [3.8, 4) is 5.69 Å². The number of benzene rings is 2. The van der Waals surface area contributed by atoms with E-state index < -0.39 is 0 Å². The highest BCUT2D eigenvalue weighted by Crippen LogP contribution is 2.35. The van der Waals surface area contributed by atoms with Crippen molar-refractivity contribution in [2.24, 2.45) is 0 Å². The second-order valence-corrected chi connectivity index (χ2v) is 6.31. The van der Waals surface area contributed by atoms with Crippen LogP contribution in [-0.4, -0.2) is 4.57 Å².